The highest BCUT2D eigenvalue weighted by Crippen LogP contribution is 2.65. The van der Waals surface area contributed by atoms with Gasteiger partial charge in [-0.15, -0.1) is 0 Å². The van der Waals surface area contributed by atoms with Crippen LogP contribution in [0.4, 0.5) is 13.2 Å². The zero-order valence-corrected chi connectivity index (χ0v) is 21.8. The van der Waals surface area contributed by atoms with Crippen LogP contribution in [0, 0.1) is 40.4 Å². The number of rotatable bonds is 7. The molecule has 4 aliphatic rings. The molecule has 0 aromatic heterocycles. The second kappa shape index (κ2) is 10.4. The smallest absolute Gasteiger partial charge is 0.356 e. The lowest BCUT2D eigenvalue weighted by atomic mass is 9.87. The molecule has 3 aliphatic heterocycles. The molecular formula is C25H35F3N6O4. The molecule has 4 rings (SSSR count). The number of nitrogens with one attached hydrogen (secondary N) is 3. The van der Waals surface area contributed by atoms with E-state index in [0.29, 0.717) is 38.9 Å². The number of carbonyl (C=O) groups is 4. The van der Waals surface area contributed by atoms with Gasteiger partial charge >= 0.3 is 12.1 Å². The van der Waals surface area contributed by atoms with Crippen LogP contribution in [0.3, 0.4) is 0 Å². The molecule has 0 radical (unpaired) electrons. The van der Waals surface area contributed by atoms with Gasteiger partial charge in [-0.2, -0.15) is 18.4 Å². The molecule has 3 heterocycles. The van der Waals surface area contributed by atoms with E-state index in [1.54, 1.807) is 0 Å². The van der Waals surface area contributed by atoms with Crippen molar-refractivity contribution in [2.45, 2.75) is 63.8 Å². The van der Waals surface area contributed by atoms with Gasteiger partial charge in [0.15, 0.2) is 0 Å². The Morgan fingerprint density at radius 3 is 2.39 bits per heavy atom. The summed E-state index contributed by atoms with van der Waals surface area (Å²) in [6, 6.07) is -1.33. The second-order valence-electron chi connectivity index (χ2n) is 11.7. The van der Waals surface area contributed by atoms with Crippen molar-refractivity contribution in [3.63, 3.8) is 0 Å². The van der Waals surface area contributed by atoms with Crippen LogP contribution in [0.2, 0.25) is 0 Å². The third kappa shape index (κ3) is 5.46. The van der Waals surface area contributed by atoms with Gasteiger partial charge < -0.3 is 25.8 Å². The van der Waals surface area contributed by atoms with E-state index in [4.69, 9.17) is 0 Å². The minimum absolute atomic E-state index is 0.0280. The minimum Gasteiger partial charge on any atom is -0.356 e. The predicted octanol–water partition coefficient (Wildman–Crippen LogP) is 0.393. The van der Waals surface area contributed by atoms with Crippen molar-refractivity contribution < 1.29 is 32.3 Å². The third-order valence-electron chi connectivity index (χ3n) is 8.96. The van der Waals surface area contributed by atoms with Crippen molar-refractivity contribution in [2.24, 2.45) is 29.1 Å². The summed E-state index contributed by atoms with van der Waals surface area (Å²) in [5.74, 6) is -4.79. The summed E-state index contributed by atoms with van der Waals surface area (Å²) in [6.45, 7) is 5.75. The average molecular weight is 541 g/mol. The topological polar surface area (TPSA) is 135 Å². The molecule has 4 amide bonds. The van der Waals surface area contributed by atoms with Gasteiger partial charge in [-0.25, -0.2) is 0 Å². The van der Waals surface area contributed by atoms with Crippen LogP contribution in [-0.2, 0) is 19.2 Å². The fraction of sp³-hybridized carbons (Fsp3) is 0.800. The first-order valence-electron chi connectivity index (χ1n) is 13.1. The highest BCUT2D eigenvalue weighted by molar-refractivity contribution is 5.94. The molecule has 1 aliphatic carbocycles. The monoisotopic (exact) mass is 540 g/mol. The number of alkyl halides is 3. The Balaban J connectivity index is 1.54. The highest BCUT2D eigenvalue weighted by atomic mass is 19.4. The molecule has 10 nitrogen and oxygen atoms in total. The van der Waals surface area contributed by atoms with Crippen molar-refractivity contribution in [3.8, 4) is 6.07 Å². The number of hydrogen-bond donors (Lipinski definition) is 3. The molecule has 210 valence electrons. The van der Waals surface area contributed by atoms with E-state index in [-0.39, 0.29) is 36.1 Å². The molecule has 3 saturated heterocycles. The molecule has 6 atom stereocenters. The average Bonchev–Trinajstić information content (AvgIpc) is 3.20. The van der Waals surface area contributed by atoms with E-state index in [9.17, 15) is 37.6 Å². The van der Waals surface area contributed by atoms with Crippen LogP contribution in [0.25, 0.3) is 0 Å². The highest BCUT2D eigenvalue weighted by Gasteiger charge is 2.69. The number of amides is 4. The lowest BCUT2D eigenvalue weighted by molar-refractivity contribution is -0.176. The number of carbonyl (C=O) groups excluding carboxylic acids is 4. The van der Waals surface area contributed by atoms with Crippen LogP contribution in [0.5, 0.6) is 0 Å². The van der Waals surface area contributed by atoms with E-state index in [1.165, 1.54) is 4.90 Å². The Bertz CT molecular complexity index is 1020. The van der Waals surface area contributed by atoms with Crippen molar-refractivity contribution in [1.29, 1.82) is 5.26 Å². The number of piperidine rings is 2. The standard InChI is InChI=1S/C25H35F3N6O4/c1-24(2)16-12-34(19(17(16)24)21(36)31-15(11-29)10-14-4-7-30-20(14)35)22(37)18(32-23(38)25(26,27)28)13-5-8-33(3)9-6-13/h13-19H,4-10,12H2,1-3H3,(H,30,35)(H,31,36)(H,32,38)/t14-,15-,16-,17-,18-,19-/m0/s1. The molecule has 0 unspecified atom stereocenters. The van der Waals surface area contributed by atoms with Crippen molar-refractivity contribution in [2.75, 3.05) is 33.2 Å². The zero-order valence-electron chi connectivity index (χ0n) is 21.8. The first-order valence-corrected chi connectivity index (χ1v) is 13.1. The number of hydrogen-bond acceptors (Lipinski definition) is 6. The van der Waals surface area contributed by atoms with Crippen molar-refractivity contribution >= 4 is 23.6 Å². The maximum absolute atomic E-state index is 13.8. The molecular weight excluding hydrogens is 505 g/mol. The van der Waals surface area contributed by atoms with Crippen LogP contribution in [0.15, 0.2) is 0 Å². The first kappa shape index (κ1) is 28.1. The molecule has 0 bridgehead atoms. The van der Waals surface area contributed by atoms with Crippen LogP contribution in [-0.4, -0.2) is 91.0 Å². The number of halogens is 3. The fourth-order valence-corrected chi connectivity index (χ4v) is 6.51. The van der Waals surface area contributed by atoms with Crippen molar-refractivity contribution in [3.05, 3.63) is 0 Å². The van der Waals surface area contributed by atoms with Gasteiger partial charge in [0, 0.05) is 19.0 Å². The van der Waals surface area contributed by atoms with Gasteiger partial charge in [-0.3, -0.25) is 19.2 Å². The Kier molecular flexibility index (Phi) is 7.67. The molecule has 0 spiro atoms. The minimum atomic E-state index is -5.15. The van der Waals surface area contributed by atoms with Crippen molar-refractivity contribution in [1.82, 2.24) is 25.8 Å². The second-order valence-corrected chi connectivity index (χ2v) is 11.7. The number of nitriles is 1. The normalized spacial score (nSPS) is 30.6. The number of likely N-dealkylation sites (tertiary alicyclic amines) is 2. The molecule has 13 heteroatoms. The van der Waals surface area contributed by atoms with Gasteiger partial charge in [-0.05, 0) is 69.0 Å². The van der Waals surface area contributed by atoms with Gasteiger partial charge in [0.1, 0.15) is 18.1 Å². The maximum Gasteiger partial charge on any atom is 0.471 e. The summed E-state index contributed by atoms with van der Waals surface area (Å²) in [7, 11) is 1.87. The Labute approximate surface area is 219 Å². The molecule has 0 aromatic rings. The van der Waals surface area contributed by atoms with Gasteiger partial charge in [0.25, 0.3) is 0 Å². The fourth-order valence-electron chi connectivity index (χ4n) is 6.51. The van der Waals surface area contributed by atoms with E-state index in [2.05, 4.69) is 10.6 Å². The summed E-state index contributed by atoms with van der Waals surface area (Å²) in [5, 5.41) is 16.9. The molecule has 4 fully saturated rings. The summed E-state index contributed by atoms with van der Waals surface area (Å²) < 4.78 is 39.5. The summed E-state index contributed by atoms with van der Waals surface area (Å²) in [6.07, 6.45) is -3.62. The van der Waals surface area contributed by atoms with Gasteiger partial charge in [0.05, 0.1) is 6.07 Å². The Morgan fingerprint density at radius 2 is 1.84 bits per heavy atom. The SMILES string of the molecule is CN1CCC([C@H](NC(=O)C(F)(F)F)C(=O)N2C[C@H]3[C@@H]([C@H]2C(=O)N[C@H](C#N)C[C@@H]2CCNC2=O)C3(C)C)CC1. The van der Waals surface area contributed by atoms with Gasteiger partial charge in [-0.1, -0.05) is 13.8 Å². The summed E-state index contributed by atoms with van der Waals surface area (Å²) in [4.78, 5) is 54.4. The van der Waals surface area contributed by atoms with E-state index < -0.39 is 53.9 Å². The Hall–Kier alpha value is -2.88. The molecule has 0 aromatic carbocycles. The zero-order chi connectivity index (χ0) is 28.0. The Morgan fingerprint density at radius 1 is 1.18 bits per heavy atom. The molecule has 38 heavy (non-hydrogen) atoms. The van der Waals surface area contributed by atoms with Crippen LogP contribution < -0.4 is 16.0 Å². The lowest BCUT2D eigenvalue weighted by Crippen LogP contribution is -2.60. The summed E-state index contributed by atoms with van der Waals surface area (Å²) >= 11 is 0. The lowest BCUT2D eigenvalue weighted by Gasteiger charge is -2.38. The molecule has 3 N–H and O–H groups in total. The van der Waals surface area contributed by atoms with E-state index in [1.807, 2.05) is 37.2 Å². The first-order chi connectivity index (χ1) is 17.8. The van der Waals surface area contributed by atoms with Crippen LogP contribution >= 0.6 is 0 Å². The largest absolute Gasteiger partial charge is 0.471 e. The third-order valence-corrected chi connectivity index (χ3v) is 8.96. The predicted molar refractivity (Wildman–Crippen MR) is 128 cm³/mol. The van der Waals surface area contributed by atoms with E-state index >= 15 is 0 Å². The summed E-state index contributed by atoms with van der Waals surface area (Å²) in [5.41, 5.74) is -0.259. The van der Waals surface area contributed by atoms with Gasteiger partial charge in [0.2, 0.25) is 17.7 Å². The number of nitrogens with zero attached hydrogens (tertiary/aromatic N) is 3. The van der Waals surface area contributed by atoms with E-state index in [0.717, 1.165) is 0 Å². The van der Waals surface area contributed by atoms with Crippen LogP contribution in [0.1, 0.15) is 39.5 Å². The maximum atomic E-state index is 13.8. The molecule has 1 saturated carbocycles. The number of fused-ring (bicyclic) bond motifs is 1. The quantitative estimate of drug-likeness (QED) is 0.428.